The molecule has 1 aliphatic heterocycles. The topological polar surface area (TPSA) is 29.5 Å². The maximum Gasteiger partial charge on any atom is 0.308 e. The van der Waals surface area contributed by atoms with E-state index in [1.54, 1.807) is 0 Å². The van der Waals surface area contributed by atoms with E-state index in [0.29, 0.717) is 6.04 Å². The minimum atomic E-state index is -0.0579. The van der Waals surface area contributed by atoms with Gasteiger partial charge < -0.3 is 4.74 Å². The summed E-state index contributed by atoms with van der Waals surface area (Å²) >= 11 is 0. The summed E-state index contributed by atoms with van der Waals surface area (Å²) in [5, 5.41) is 2.61. The lowest BCUT2D eigenvalue weighted by molar-refractivity contribution is -0.147. The molecule has 1 fully saturated rings. The second-order valence-electron chi connectivity index (χ2n) is 6.08. The highest BCUT2D eigenvalue weighted by atomic mass is 16.5. The van der Waals surface area contributed by atoms with Gasteiger partial charge in [0.2, 0.25) is 0 Å². The molecule has 1 saturated heterocycles. The number of carbonyl (C=O) groups excluding carboxylic acids is 1. The van der Waals surface area contributed by atoms with Gasteiger partial charge in [-0.15, -0.1) is 0 Å². The first-order valence-electron chi connectivity index (χ1n) is 8.00. The van der Waals surface area contributed by atoms with Crippen LogP contribution in [0.15, 0.2) is 42.5 Å². The molecule has 2 aromatic carbocycles. The molecule has 0 radical (unpaired) electrons. The molecule has 0 N–H and O–H groups in total. The summed E-state index contributed by atoms with van der Waals surface area (Å²) in [5.41, 5.74) is 1.37. The number of hydrogen-bond acceptors (Lipinski definition) is 3. The van der Waals surface area contributed by atoms with E-state index in [1.165, 1.54) is 23.4 Å². The zero-order chi connectivity index (χ0) is 15.5. The van der Waals surface area contributed by atoms with Gasteiger partial charge in [0.25, 0.3) is 0 Å². The van der Waals surface area contributed by atoms with Crippen LogP contribution in [0.2, 0.25) is 0 Å². The Morgan fingerprint density at radius 1 is 1.14 bits per heavy atom. The molecule has 0 spiro atoms. The number of hydrogen-bond donors (Lipinski definition) is 0. The molecule has 0 bridgehead atoms. The Morgan fingerprint density at radius 2 is 1.82 bits per heavy atom. The molecule has 3 nitrogen and oxygen atoms in total. The average Bonchev–Trinajstić information content (AvgIpc) is 2.60. The summed E-state index contributed by atoms with van der Waals surface area (Å²) in [6.45, 7) is 4.16. The van der Waals surface area contributed by atoms with Gasteiger partial charge in [-0.25, -0.2) is 0 Å². The maximum absolute atomic E-state index is 11.6. The third kappa shape index (κ3) is 2.86. The molecule has 1 aliphatic rings. The van der Waals surface area contributed by atoms with Crippen molar-refractivity contribution in [2.24, 2.45) is 5.92 Å². The van der Waals surface area contributed by atoms with Crippen molar-refractivity contribution in [3.63, 3.8) is 0 Å². The zero-order valence-electron chi connectivity index (χ0n) is 13.3. The summed E-state index contributed by atoms with van der Waals surface area (Å²) in [4.78, 5) is 14.1. The van der Waals surface area contributed by atoms with Crippen LogP contribution in [0.5, 0.6) is 0 Å². The molecule has 1 heterocycles. The number of benzene rings is 2. The van der Waals surface area contributed by atoms with Crippen LogP contribution in [0.4, 0.5) is 0 Å². The van der Waals surface area contributed by atoms with Gasteiger partial charge in [0.15, 0.2) is 0 Å². The highest BCUT2D eigenvalue weighted by Crippen LogP contribution is 2.31. The van der Waals surface area contributed by atoms with Crippen LogP contribution in [-0.4, -0.2) is 31.1 Å². The smallest absolute Gasteiger partial charge is 0.308 e. The fourth-order valence-corrected chi connectivity index (χ4v) is 3.50. The summed E-state index contributed by atoms with van der Waals surface area (Å²) in [7, 11) is 1.48. The molecule has 2 aromatic rings. The molecule has 0 aliphatic carbocycles. The molecular weight excluding hydrogens is 274 g/mol. The zero-order valence-corrected chi connectivity index (χ0v) is 13.3. The number of methoxy groups -OCH3 is 1. The van der Waals surface area contributed by atoms with Crippen LogP contribution in [0, 0.1) is 5.92 Å². The van der Waals surface area contributed by atoms with Gasteiger partial charge in [-0.3, -0.25) is 9.69 Å². The number of esters is 1. The molecule has 0 aromatic heterocycles. The molecule has 3 rings (SSSR count). The predicted octanol–water partition coefficient (Wildman–Crippen LogP) is 3.79. The van der Waals surface area contributed by atoms with E-state index < -0.39 is 0 Å². The first kappa shape index (κ1) is 15.0. The Hall–Kier alpha value is -1.87. The number of nitrogens with zero attached hydrogens (tertiary/aromatic N) is 1. The minimum Gasteiger partial charge on any atom is -0.469 e. The highest BCUT2D eigenvalue weighted by Gasteiger charge is 2.28. The normalized spacial score (nSPS) is 18.3. The van der Waals surface area contributed by atoms with Crippen molar-refractivity contribution in [1.29, 1.82) is 0 Å². The van der Waals surface area contributed by atoms with Crippen LogP contribution in [-0.2, 0) is 9.53 Å². The quantitative estimate of drug-likeness (QED) is 0.807. The van der Waals surface area contributed by atoms with Crippen molar-refractivity contribution >= 4 is 16.7 Å². The Kier molecular flexibility index (Phi) is 4.44. The lowest BCUT2D eigenvalue weighted by Crippen LogP contribution is -2.38. The van der Waals surface area contributed by atoms with E-state index in [2.05, 4.69) is 54.3 Å². The number of likely N-dealkylation sites (tertiary alicyclic amines) is 1. The second-order valence-corrected chi connectivity index (χ2v) is 6.08. The van der Waals surface area contributed by atoms with Crippen LogP contribution >= 0.6 is 0 Å². The molecule has 0 unspecified atom stereocenters. The van der Waals surface area contributed by atoms with Gasteiger partial charge >= 0.3 is 5.97 Å². The van der Waals surface area contributed by atoms with Crippen molar-refractivity contribution in [1.82, 2.24) is 4.90 Å². The maximum atomic E-state index is 11.6. The Labute approximate surface area is 131 Å². The van der Waals surface area contributed by atoms with Crippen molar-refractivity contribution in [3.05, 3.63) is 48.0 Å². The predicted molar refractivity (Wildman–Crippen MR) is 88.7 cm³/mol. The molecule has 3 heteroatoms. The van der Waals surface area contributed by atoms with Crippen LogP contribution in [0.1, 0.15) is 31.4 Å². The second kappa shape index (κ2) is 6.49. The lowest BCUT2D eigenvalue weighted by atomic mass is 9.93. The largest absolute Gasteiger partial charge is 0.469 e. The van der Waals surface area contributed by atoms with Crippen LogP contribution in [0.3, 0.4) is 0 Å². The number of ether oxygens (including phenoxy) is 1. The van der Waals surface area contributed by atoms with Crippen molar-refractivity contribution in [2.75, 3.05) is 20.2 Å². The summed E-state index contributed by atoms with van der Waals surface area (Å²) in [5.74, 6) is 0.0124. The van der Waals surface area contributed by atoms with Gasteiger partial charge in [0.05, 0.1) is 13.0 Å². The van der Waals surface area contributed by atoms with E-state index in [-0.39, 0.29) is 11.9 Å². The standard InChI is InChI=1S/C19H23NO2/c1-14(20-12-10-16(11-13-20)19(21)22-2)17-9-5-7-15-6-3-4-8-18(15)17/h3-9,14,16H,10-13H2,1-2H3/t14-/m0/s1. The van der Waals surface area contributed by atoms with Gasteiger partial charge in [0.1, 0.15) is 0 Å². The monoisotopic (exact) mass is 297 g/mol. The van der Waals surface area contributed by atoms with E-state index >= 15 is 0 Å². The lowest BCUT2D eigenvalue weighted by Gasteiger charge is -2.35. The van der Waals surface area contributed by atoms with Crippen molar-refractivity contribution in [2.45, 2.75) is 25.8 Å². The average molecular weight is 297 g/mol. The molecule has 0 saturated carbocycles. The van der Waals surface area contributed by atoms with Gasteiger partial charge in [0, 0.05) is 6.04 Å². The molecule has 22 heavy (non-hydrogen) atoms. The van der Waals surface area contributed by atoms with Gasteiger partial charge in [-0.1, -0.05) is 42.5 Å². The molecule has 116 valence electrons. The Morgan fingerprint density at radius 3 is 2.55 bits per heavy atom. The first-order valence-corrected chi connectivity index (χ1v) is 8.00. The fraction of sp³-hybridized carbons (Fsp3) is 0.421. The van der Waals surface area contributed by atoms with Crippen molar-refractivity contribution in [3.8, 4) is 0 Å². The molecule has 1 atom stereocenters. The third-order valence-corrected chi connectivity index (χ3v) is 4.89. The number of fused-ring (bicyclic) bond motifs is 1. The van der Waals surface area contributed by atoms with Gasteiger partial charge in [-0.2, -0.15) is 0 Å². The first-order chi connectivity index (χ1) is 10.7. The van der Waals surface area contributed by atoms with Gasteiger partial charge in [-0.05, 0) is 49.2 Å². The van der Waals surface area contributed by atoms with Crippen molar-refractivity contribution < 1.29 is 9.53 Å². The molecular formula is C19H23NO2. The van der Waals surface area contributed by atoms with E-state index in [0.717, 1.165) is 25.9 Å². The highest BCUT2D eigenvalue weighted by molar-refractivity contribution is 5.86. The van der Waals surface area contributed by atoms with E-state index in [1.807, 2.05) is 0 Å². The van der Waals surface area contributed by atoms with E-state index in [9.17, 15) is 4.79 Å². The Balaban J connectivity index is 1.77. The SMILES string of the molecule is COC(=O)C1CCN([C@@H](C)c2cccc3ccccc23)CC1. The number of rotatable bonds is 3. The third-order valence-electron chi connectivity index (χ3n) is 4.89. The summed E-state index contributed by atoms with van der Waals surface area (Å²) in [6.07, 6.45) is 1.78. The fourth-order valence-electron chi connectivity index (χ4n) is 3.50. The Bertz CT molecular complexity index is 654. The van der Waals surface area contributed by atoms with E-state index in [4.69, 9.17) is 4.74 Å². The molecule has 0 amide bonds. The summed E-state index contributed by atoms with van der Waals surface area (Å²) < 4.78 is 4.87. The number of carbonyl (C=O) groups is 1. The minimum absolute atomic E-state index is 0.0579. The van der Waals surface area contributed by atoms with Crippen LogP contribution in [0.25, 0.3) is 10.8 Å². The number of piperidine rings is 1. The van der Waals surface area contributed by atoms with Crippen LogP contribution < -0.4 is 0 Å². The summed E-state index contributed by atoms with van der Waals surface area (Å²) in [6, 6.07) is 15.4.